The molecule has 17 heavy (non-hydrogen) atoms. The fraction of sp³-hybridized carbons (Fsp3) is 0.154. The molecule has 0 radical (unpaired) electrons. The average molecular weight is 249 g/mol. The zero-order valence-corrected chi connectivity index (χ0v) is 10.2. The van der Waals surface area contributed by atoms with Gasteiger partial charge in [0.1, 0.15) is 5.76 Å². The van der Waals surface area contributed by atoms with Gasteiger partial charge in [0.2, 0.25) is 0 Å². The van der Waals surface area contributed by atoms with Crippen LogP contribution in [-0.4, -0.2) is 5.71 Å². The number of benzene rings is 1. The minimum atomic E-state index is 0.595. The van der Waals surface area contributed by atoms with Gasteiger partial charge in [0.15, 0.2) is 0 Å². The van der Waals surface area contributed by atoms with Crippen molar-refractivity contribution in [1.29, 1.82) is 0 Å². The maximum atomic E-state index is 6.03. The van der Waals surface area contributed by atoms with Crippen LogP contribution in [0.3, 0.4) is 0 Å². The van der Waals surface area contributed by atoms with E-state index in [0.29, 0.717) is 6.54 Å². The first-order chi connectivity index (χ1) is 8.27. The Kier molecular flexibility index (Phi) is 3.83. The summed E-state index contributed by atoms with van der Waals surface area (Å²) < 4.78 is 5.22. The zero-order valence-electron chi connectivity index (χ0n) is 9.48. The Balaban J connectivity index is 1.96. The van der Waals surface area contributed by atoms with Gasteiger partial charge in [-0.3, -0.25) is 0 Å². The fourth-order valence-electron chi connectivity index (χ4n) is 1.42. The van der Waals surface area contributed by atoms with Gasteiger partial charge in [-0.2, -0.15) is 5.10 Å². The second kappa shape index (κ2) is 5.55. The summed E-state index contributed by atoms with van der Waals surface area (Å²) in [5, 5.41) is 4.96. The van der Waals surface area contributed by atoms with E-state index in [2.05, 4.69) is 10.5 Å². The number of hydrogen-bond acceptors (Lipinski definition) is 3. The summed E-state index contributed by atoms with van der Waals surface area (Å²) in [4.78, 5) is 0. The van der Waals surface area contributed by atoms with E-state index in [9.17, 15) is 0 Å². The molecular formula is C13H13ClN2O. The first-order valence-corrected chi connectivity index (χ1v) is 5.69. The van der Waals surface area contributed by atoms with Gasteiger partial charge in [0, 0.05) is 5.02 Å². The fourth-order valence-corrected chi connectivity index (χ4v) is 1.63. The molecule has 0 atom stereocenters. The van der Waals surface area contributed by atoms with Crippen LogP contribution in [0.5, 0.6) is 0 Å². The van der Waals surface area contributed by atoms with Crippen LogP contribution in [0.2, 0.25) is 5.02 Å². The quantitative estimate of drug-likeness (QED) is 0.665. The number of rotatable bonds is 4. The molecule has 2 rings (SSSR count). The molecule has 0 saturated carbocycles. The molecule has 0 saturated heterocycles. The van der Waals surface area contributed by atoms with E-state index in [4.69, 9.17) is 16.0 Å². The molecule has 0 amide bonds. The first kappa shape index (κ1) is 11.7. The molecular weight excluding hydrogens is 236 g/mol. The lowest BCUT2D eigenvalue weighted by molar-refractivity contribution is 0.555. The molecule has 1 aromatic heterocycles. The highest BCUT2D eigenvalue weighted by atomic mass is 35.5. The molecule has 3 nitrogen and oxygen atoms in total. The van der Waals surface area contributed by atoms with Crippen molar-refractivity contribution >= 4 is 17.3 Å². The number of nitrogens with one attached hydrogen (secondary N) is 1. The van der Waals surface area contributed by atoms with E-state index >= 15 is 0 Å². The van der Waals surface area contributed by atoms with Gasteiger partial charge >= 0.3 is 0 Å². The van der Waals surface area contributed by atoms with Gasteiger partial charge in [0.05, 0.1) is 18.5 Å². The minimum absolute atomic E-state index is 0.595. The Morgan fingerprint density at radius 2 is 2.12 bits per heavy atom. The third-order valence-electron chi connectivity index (χ3n) is 2.35. The predicted molar refractivity (Wildman–Crippen MR) is 69.2 cm³/mol. The maximum absolute atomic E-state index is 6.03. The molecule has 0 aliphatic rings. The average Bonchev–Trinajstić information content (AvgIpc) is 2.85. The lowest BCUT2D eigenvalue weighted by atomic mass is 10.2. The van der Waals surface area contributed by atoms with E-state index in [1.165, 1.54) is 0 Å². The summed E-state index contributed by atoms with van der Waals surface area (Å²) in [6.45, 7) is 2.48. The molecule has 0 aliphatic heterocycles. The van der Waals surface area contributed by atoms with E-state index < -0.39 is 0 Å². The number of furan rings is 1. The molecule has 0 aliphatic carbocycles. The van der Waals surface area contributed by atoms with Crippen LogP contribution in [0.1, 0.15) is 18.2 Å². The standard InChI is InChI=1S/C13H13ClN2O/c1-10(13-7-4-8-17-13)16-15-9-11-5-2-3-6-12(11)14/h2-8,15H,9H2,1H3/b16-10-. The van der Waals surface area contributed by atoms with Crippen molar-refractivity contribution in [3.8, 4) is 0 Å². The van der Waals surface area contributed by atoms with Gasteiger partial charge in [-0.25, -0.2) is 0 Å². The normalized spacial score (nSPS) is 11.5. The van der Waals surface area contributed by atoms with E-state index in [1.807, 2.05) is 43.3 Å². The lowest BCUT2D eigenvalue weighted by Crippen LogP contribution is -2.09. The van der Waals surface area contributed by atoms with Crippen LogP contribution in [0.25, 0.3) is 0 Å². The van der Waals surface area contributed by atoms with E-state index in [-0.39, 0.29) is 0 Å². The monoisotopic (exact) mass is 248 g/mol. The van der Waals surface area contributed by atoms with Crippen molar-refractivity contribution in [3.63, 3.8) is 0 Å². The van der Waals surface area contributed by atoms with Gasteiger partial charge in [-0.15, -0.1) is 0 Å². The van der Waals surface area contributed by atoms with Gasteiger partial charge in [-0.1, -0.05) is 29.8 Å². The molecule has 1 N–H and O–H groups in total. The topological polar surface area (TPSA) is 37.5 Å². The van der Waals surface area contributed by atoms with E-state index in [0.717, 1.165) is 22.1 Å². The van der Waals surface area contributed by atoms with Crippen LogP contribution in [0.15, 0.2) is 52.2 Å². The zero-order chi connectivity index (χ0) is 12.1. The smallest absolute Gasteiger partial charge is 0.149 e. The Morgan fingerprint density at radius 1 is 1.29 bits per heavy atom. The van der Waals surface area contributed by atoms with Crippen molar-refractivity contribution in [2.45, 2.75) is 13.5 Å². The predicted octanol–water partition coefficient (Wildman–Crippen LogP) is 3.45. The summed E-state index contributed by atoms with van der Waals surface area (Å²) in [7, 11) is 0. The number of hydrazone groups is 1. The molecule has 0 bridgehead atoms. The molecule has 1 aromatic carbocycles. The summed E-state index contributed by atoms with van der Waals surface area (Å²) in [6.07, 6.45) is 1.63. The second-order valence-electron chi connectivity index (χ2n) is 3.60. The summed E-state index contributed by atoms with van der Waals surface area (Å²) in [6, 6.07) is 11.4. The van der Waals surface area contributed by atoms with Crippen molar-refractivity contribution in [2.24, 2.45) is 5.10 Å². The molecule has 0 unspecified atom stereocenters. The molecule has 2 aromatic rings. The van der Waals surface area contributed by atoms with Crippen molar-refractivity contribution in [1.82, 2.24) is 5.43 Å². The highest BCUT2D eigenvalue weighted by Crippen LogP contribution is 2.14. The van der Waals surface area contributed by atoms with Crippen molar-refractivity contribution in [2.75, 3.05) is 0 Å². The Bertz CT molecular complexity index is 506. The summed E-state index contributed by atoms with van der Waals surface area (Å²) >= 11 is 6.03. The van der Waals surface area contributed by atoms with E-state index in [1.54, 1.807) is 6.26 Å². The Morgan fingerprint density at radius 3 is 2.82 bits per heavy atom. The Hall–Kier alpha value is -1.74. The number of nitrogens with zero attached hydrogens (tertiary/aromatic N) is 1. The molecule has 88 valence electrons. The van der Waals surface area contributed by atoms with Crippen molar-refractivity contribution < 1.29 is 4.42 Å². The van der Waals surface area contributed by atoms with Gasteiger partial charge < -0.3 is 9.84 Å². The largest absolute Gasteiger partial charge is 0.463 e. The van der Waals surface area contributed by atoms with Crippen molar-refractivity contribution in [3.05, 3.63) is 59.0 Å². The minimum Gasteiger partial charge on any atom is -0.463 e. The van der Waals surface area contributed by atoms with Gasteiger partial charge in [-0.05, 0) is 30.7 Å². The first-order valence-electron chi connectivity index (χ1n) is 5.32. The van der Waals surface area contributed by atoms with Crippen LogP contribution in [-0.2, 0) is 6.54 Å². The molecule has 1 heterocycles. The lowest BCUT2D eigenvalue weighted by Gasteiger charge is -2.04. The highest BCUT2D eigenvalue weighted by Gasteiger charge is 2.00. The maximum Gasteiger partial charge on any atom is 0.149 e. The van der Waals surface area contributed by atoms with Gasteiger partial charge in [0.25, 0.3) is 0 Å². The summed E-state index contributed by atoms with van der Waals surface area (Å²) in [5.41, 5.74) is 4.80. The second-order valence-corrected chi connectivity index (χ2v) is 4.01. The Labute approximate surface area is 105 Å². The highest BCUT2D eigenvalue weighted by molar-refractivity contribution is 6.31. The molecule has 4 heteroatoms. The van der Waals surface area contributed by atoms with Crippen LogP contribution in [0.4, 0.5) is 0 Å². The molecule has 0 spiro atoms. The SMILES string of the molecule is C/C(=N/NCc1ccccc1Cl)c1ccco1. The van der Waals surface area contributed by atoms with Crippen LogP contribution >= 0.6 is 11.6 Å². The summed E-state index contributed by atoms with van der Waals surface area (Å²) in [5.74, 6) is 0.761. The third kappa shape index (κ3) is 3.11. The number of hydrogen-bond donors (Lipinski definition) is 1. The number of halogens is 1. The van der Waals surface area contributed by atoms with Crippen LogP contribution < -0.4 is 5.43 Å². The third-order valence-corrected chi connectivity index (χ3v) is 2.72. The van der Waals surface area contributed by atoms with Crippen LogP contribution in [0, 0.1) is 0 Å². The molecule has 0 fully saturated rings.